The zero-order chi connectivity index (χ0) is 18.7. The molecule has 1 aliphatic heterocycles. The molecule has 1 atom stereocenters. The maximum absolute atomic E-state index is 12.9. The van der Waals surface area contributed by atoms with Crippen molar-refractivity contribution in [2.24, 2.45) is 0 Å². The number of nitrogens with one attached hydrogen (secondary N) is 2. The second-order valence-corrected chi connectivity index (χ2v) is 8.29. The molecule has 0 saturated carbocycles. The first-order chi connectivity index (χ1) is 12.4. The maximum Gasteiger partial charge on any atom is 0.261 e. The van der Waals surface area contributed by atoms with Crippen LogP contribution < -0.4 is 10.0 Å². The Morgan fingerprint density at radius 3 is 2.48 bits per heavy atom. The van der Waals surface area contributed by atoms with E-state index in [1.807, 2.05) is 0 Å². The number of sulfonamides is 1. The van der Waals surface area contributed by atoms with Crippen molar-refractivity contribution < 1.29 is 13.2 Å². The number of likely N-dealkylation sites (N-methyl/N-ethyl adjacent to an activating group) is 1. The van der Waals surface area contributed by atoms with Gasteiger partial charge in [-0.15, -0.1) is 12.4 Å². The number of halogens is 2. The molecule has 1 unspecified atom stereocenters. The zero-order valence-electron chi connectivity index (χ0n) is 14.7. The van der Waals surface area contributed by atoms with Crippen molar-refractivity contribution >= 4 is 45.6 Å². The Bertz CT molecular complexity index is 898. The smallest absolute Gasteiger partial charge is 0.261 e. The van der Waals surface area contributed by atoms with Crippen LogP contribution in [0.1, 0.15) is 16.8 Å². The van der Waals surface area contributed by atoms with Gasteiger partial charge < -0.3 is 10.2 Å². The average molecular weight is 430 g/mol. The fourth-order valence-electron chi connectivity index (χ4n) is 2.90. The van der Waals surface area contributed by atoms with Crippen LogP contribution in [0.5, 0.6) is 0 Å². The Balaban J connectivity index is 0.00000261. The molecule has 0 aromatic heterocycles. The van der Waals surface area contributed by atoms with E-state index in [9.17, 15) is 13.2 Å². The highest BCUT2D eigenvalue weighted by Crippen LogP contribution is 2.23. The van der Waals surface area contributed by atoms with Crippen molar-refractivity contribution in [3.8, 4) is 0 Å². The van der Waals surface area contributed by atoms with Gasteiger partial charge in [0.05, 0.1) is 16.1 Å². The Labute approximate surface area is 170 Å². The summed E-state index contributed by atoms with van der Waals surface area (Å²) in [6, 6.07) is 12.6. The SMILES string of the molecule is CN(C(=O)c1ccccc1NS(=O)(=O)c1ccc(Cl)cc1)C1CCNC1.Cl. The molecule has 0 bridgehead atoms. The van der Waals surface area contributed by atoms with Gasteiger partial charge in [-0.2, -0.15) is 0 Å². The van der Waals surface area contributed by atoms with Gasteiger partial charge in [-0.25, -0.2) is 8.42 Å². The average Bonchev–Trinajstić information content (AvgIpc) is 3.15. The van der Waals surface area contributed by atoms with E-state index < -0.39 is 10.0 Å². The van der Waals surface area contributed by atoms with Crippen LogP contribution in [0.2, 0.25) is 5.02 Å². The van der Waals surface area contributed by atoms with Gasteiger partial charge >= 0.3 is 0 Å². The van der Waals surface area contributed by atoms with Crippen molar-refractivity contribution in [2.75, 3.05) is 24.9 Å². The first-order valence-corrected chi connectivity index (χ1v) is 10.1. The Morgan fingerprint density at radius 2 is 1.85 bits per heavy atom. The van der Waals surface area contributed by atoms with Crippen LogP contribution in [-0.4, -0.2) is 45.4 Å². The molecule has 1 saturated heterocycles. The molecule has 27 heavy (non-hydrogen) atoms. The second-order valence-electron chi connectivity index (χ2n) is 6.17. The van der Waals surface area contributed by atoms with E-state index in [1.54, 1.807) is 36.2 Å². The predicted octanol–water partition coefficient (Wildman–Crippen LogP) is 3.00. The molecule has 1 heterocycles. The first-order valence-electron chi connectivity index (χ1n) is 8.24. The molecule has 1 amide bonds. The van der Waals surface area contributed by atoms with Gasteiger partial charge in [0.1, 0.15) is 0 Å². The van der Waals surface area contributed by atoms with Crippen LogP contribution in [0.25, 0.3) is 0 Å². The lowest BCUT2D eigenvalue weighted by atomic mass is 10.1. The third kappa shape index (κ3) is 4.93. The molecule has 9 heteroatoms. The van der Waals surface area contributed by atoms with Crippen LogP contribution in [-0.2, 0) is 10.0 Å². The summed E-state index contributed by atoms with van der Waals surface area (Å²) in [4.78, 5) is 14.6. The molecule has 2 N–H and O–H groups in total. The van der Waals surface area contributed by atoms with Crippen molar-refractivity contribution in [3.63, 3.8) is 0 Å². The zero-order valence-corrected chi connectivity index (χ0v) is 17.1. The largest absolute Gasteiger partial charge is 0.337 e. The van der Waals surface area contributed by atoms with Gasteiger partial charge in [0, 0.05) is 24.7 Å². The highest BCUT2D eigenvalue weighted by atomic mass is 35.5. The lowest BCUT2D eigenvalue weighted by Gasteiger charge is -2.25. The minimum Gasteiger partial charge on any atom is -0.337 e. The van der Waals surface area contributed by atoms with Crippen LogP contribution in [0.3, 0.4) is 0 Å². The molecular formula is C18H21Cl2N3O3S. The monoisotopic (exact) mass is 429 g/mol. The van der Waals surface area contributed by atoms with Gasteiger partial charge in [-0.3, -0.25) is 9.52 Å². The Morgan fingerprint density at radius 1 is 1.19 bits per heavy atom. The number of amides is 1. The van der Waals surface area contributed by atoms with E-state index in [4.69, 9.17) is 11.6 Å². The molecule has 1 aliphatic rings. The Hall–Kier alpha value is -1.80. The minimum absolute atomic E-state index is 0. The molecule has 2 aromatic carbocycles. The second kappa shape index (κ2) is 8.93. The van der Waals surface area contributed by atoms with Crippen LogP contribution in [0.4, 0.5) is 5.69 Å². The molecule has 3 rings (SSSR count). The Kier molecular flexibility index (Phi) is 7.11. The van der Waals surface area contributed by atoms with Crippen molar-refractivity contribution in [1.82, 2.24) is 10.2 Å². The molecule has 1 fully saturated rings. The van der Waals surface area contributed by atoms with Gasteiger partial charge in [-0.05, 0) is 49.4 Å². The van der Waals surface area contributed by atoms with Gasteiger partial charge in [-0.1, -0.05) is 23.7 Å². The van der Waals surface area contributed by atoms with E-state index in [2.05, 4.69) is 10.0 Å². The van der Waals surface area contributed by atoms with Gasteiger partial charge in [0.25, 0.3) is 15.9 Å². The number of anilines is 1. The van der Waals surface area contributed by atoms with E-state index >= 15 is 0 Å². The van der Waals surface area contributed by atoms with Gasteiger partial charge in [0.2, 0.25) is 0 Å². The van der Waals surface area contributed by atoms with Crippen molar-refractivity contribution in [3.05, 3.63) is 59.1 Å². The molecule has 0 radical (unpaired) electrons. The first kappa shape index (κ1) is 21.5. The fourth-order valence-corrected chi connectivity index (χ4v) is 4.11. The maximum atomic E-state index is 12.9. The molecule has 6 nitrogen and oxygen atoms in total. The number of hydrogen-bond donors (Lipinski definition) is 2. The van der Waals surface area contributed by atoms with Gasteiger partial charge in [0.15, 0.2) is 0 Å². The number of carbonyl (C=O) groups excluding carboxylic acids is 1. The summed E-state index contributed by atoms with van der Waals surface area (Å²) in [5.41, 5.74) is 0.574. The topological polar surface area (TPSA) is 78.5 Å². The number of nitrogens with zero attached hydrogens (tertiary/aromatic N) is 1. The third-order valence-electron chi connectivity index (χ3n) is 4.43. The van der Waals surface area contributed by atoms with E-state index in [0.29, 0.717) is 10.6 Å². The number of para-hydroxylation sites is 1. The van der Waals surface area contributed by atoms with Crippen LogP contribution >= 0.6 is 24.0 Å². The quantitative estimate of drug-likeness (QED) is 0.765. The molecule has 146 valence electrons. The summed E-state index contributed by atoms with van der Waals surface area (Å²) >= 11 is 5.82. The van der Waals surface area contributed by atoms with Crippen LogP contribution in [0.15, 0.2) is 53.4 Å². The lowest BCUT2D eigenvalue weighted by molar-refractivity contribution is 0.0745. The summed E-state index contributed by atoms with van der Waals surface area (Å²) in [5, 5.41) is 3.67. The summed E-state index contributed by atoms with van der Waals surface area (Å²) in [6.45, 7) is 1.61. The highest BCUT2D eigenvalue weighted by molar-refractivity contribution is 7.92. The molecule has 2 aromatic rings. The summed E-state index contributed by atoms with van der Waals surface area (Å²) < 4.78 is 27.8. The number of hydrogen-bond acceptors (Lipinski definition) is 4. The van der Waals surface area contributed by atoms with E-state index in [1.165, 1.54) is 24.3 Å². The number of carbonyl (C=O) groups is 1. The normalized spacial score (nSPS) is 16.4. The number of benzene rings is 2. The van der Waals surface area contributed by atoms with Crippen molar-refractivity contribution in [1.29, 1.82) is 0 Å². The fraction of sp³-hybridized carbons (Fsp3) is 0.278. The minimum atomic E-state index is -3.82. The molecule has 0 spiro atoms. The van der Waals surface area contributed by atoms with E-state index in [-0.39, 0.29) is 34.9 Å². The molecule has 0 aliphatic carbocycles. The lowest BCUT2D eigenvalue weighted by Crippen LogP contribution is -2.38. The summed E-state index contributed by atoms with van der Waals surface area (Å²) in [6.07, 6.45) is 0.876. The molecular weight excluding hydrogens is 409 g/mol. The van der Waals surface area contributed by atoms with E-state index in [0.717, 1.165) is 19.5 Å². The van der Waals surface area contributed by atoms with Crippen LogP contribution in [0, 0.1) is 0 Å². The number of rotatable bonds is 5. The summed E-state index contributed by atoms with van der Waals surface area (Å²) in [5.74, 6) is -0.215. The third-order valence-corrected chi connectivity index (χ3v) is 6.06. The predicted molar refractivity (Wildman–Crippen MR) is 109 cm³/mol. The summed E-state index contributed by atoms with van der Waals surface area (Å²) in [7, 11) is -2.08. The highest BCUT2D eigenvalue weighted by Gasteiger charge is 2.26. The van der Waals surface area contributed by atoms with Crippen molar-refractivity contribution in [2.45, 2.75) is 17.4 Å². The standard InChI is InChI=1S/C18H20ClN3O3S.ClH/c1-22(14-10-11-20-12-14)18(23)16-4-2-3-5-17(16)21-26(24,25)15-8-6-13(19)7-9-15;/h2-9,14,20-21H,10-12H2,1H3;1H.